The number of aromatic hydroxyl groups is 1. The number of hydrogen-bond donors (Lipinski definition) is 2. The number of hydrogen-bond acceptors (Lipinski definition) is 4. The summed E-state index contributed by atoms with van der Waals surface area (Å²) in [4.78, 5) is 13.9. The lowest BCUT2D eigenvalue weighted by Crippen LogP contribution is -2.33. The Morgan fingerprint density at radius 3 is 3.00 bits per heavy atom. The molecule has 1 aliphatic heterocycles. The summed E-state index contributed by atoms with van der Waals surface area (Å²) in [5, 5.41) is 12.7. The van der Waals surface area contributed by atoms with E-state index in [0.717, 1.165) is 25.1 Å². The minimum atomic E-state index is 0.0870. The van der Waals surface area contributed by atoms with Gasteiger partial charge < -0.3 is 20.1 Å². The Bertz CT molecular complexity index is 456. The Morgan fingerprint density at radius 1 is 1.58 bits per heavy atom. The van der Waals surface area contributed by atoms with Crippen molar-refractivity contribution in [3.63, 3.8) is 0 Å². The first-order chi connectivity index (χ1) is 9.11. The van der Waals surface area contributed by atoms with Gasteiger partial charge in [0.1, 0.15) is 0 Å². The molecule has 0 saturated carbocycles. The standard InChI is InChI=1S/C14H20N2O3/c1-16(14(18)11-5-6-15-8-11)9-10-3-4-12(17)13(7-10)19-2/h3-4,7,11,15,17H,5-6,8-9H2,1-2H3. The van der Waals surface area contributed by atoms with Gasteiger partial charge in [0, 0.05) is 20.1 Å². The lowest BCUT2D eigenvalue weighted by atomic mass is 10.1. The summed E-state index contributed by atoms with van der Waals surface area (Å²) in [5.74, 6) is 0.794. The first-order valence-corrected chi connectivity index (χ1v) is 6.43. The number of rotatable bonds is 4. The van der Waals surface area contributed by atoms with Crippen molar-refractivity contribution in [1.82, 2.24) is 10.2 Å². The van der Waals surface area contributed by atoms with E-state index < -0.39 is 0 Å². The van der Waals surface area contributed by atoms with Crippen LogP contribution in [0.1, 0.15) is 12.0 Å². The van der Waals surface area contributed by atoms with E-state index in [0.29, 0.717) is 12.3 Å². The fourth-order valence-electron chi connectivity index (χ4n) is 2.35. The molecule has 104 valence electrons. The minimum Gasteiger partial charge on any atom is -0.504 e. The molecule has 1 aromatic carbocycles. The number of nitrogens with one attached hydrogen (secondary N) is 1. The van der Waals surface area contributed by atoms with Crippen LogP contribution in [-0.2, 0) is 11.3 Å². The van der Waals surface area contributed by atoms with E-state index in [-0.39, 0.29) is 17.6 Å². The van der Waals surface area contributed by atoms with Crippen molar-refractivity contribution in [2.45, 2.75) is 13.0 Å². The van der Waals surface area contributed by atoms with Crippen LogP contribution < -0.4 is 10.1 Å². The summed E-state index contributed by atoms with van der Waals surface area (Å²) in [6.07, 6.45) is 0.905. The van der Waals surface area contributed by atoms with Gasteiger partial charge in [-0.25, -0.2) is 0 Å². The third kappa shape index (κ3) is 3.17. The SMILES string of the molecule is COc1cc(CN(C)C(=O)C2CCNC2)ccc1O. The van der Waals surface area contributed by atoms with Gasteiger partial charge in [0.2, 0.25) is 5.91 Å². The minimum absolute atomic E-state index is 0.0870. The van der Waals surface area contributed by atoms with Gasteiger partial charge in [-0.1, -0.05) is 6.07 Å². The molecule has 5 heteroatoms. The predicted octanol–water partition coefficient (Wildman–Crippen LogP) is 0.969. The summed E-state index contributed by atoms with van der Waals surface area (Å²) in [7, 11) is 3.32. The highest BCUT2D eigenvalue weighted by atomic mass is 16.5. The Labute approximate surface area is 113 Å². The number of nitrogens with zero attached hydrogens (tertiary/aromatic N) is 1. The quantitative estimate of drug-likeness (QED) is 0.850. The average Bonchev–Trinajstić information content (AvgIpc) is 2.94. The van der Waals surface area contributed by atoms with Crippen molar-refractivity contribution >= 4 is 5.91 Å². The van der Waals surface area contributed by atoms with Crippen molar-refractivity contribution in [1.29, 1.82) is 0 Å². The van der Waals surface area contributed by atoms with Crippen LogP contribution in [0, 0.1) is 5.92 Å². The second kappa shape index (κ2) is 5.93. The Morgan fingerprint density at radius 2 is 2.37 bits per heavy atom. The van der Waals surface area contributed by atoms with Gasteiger partial charge >= 0.3 is 0 Å². The van der Waals surface area contributed by atoms with Crippen LogP contribution in [-0.4, -0.2) is 43.2 Å². The van der Waals surface area contributed by atoms with E-state index in [1.165, 1.54) is 7.11 Å². The molecule has 1 aromatic rings. The first kappa shape index (κ1) is 13.7. The zero-order chi connectivity index (χ0) is 13.8. The molecule has 1 fully saturated rings. The summed E-state index contributed by atoms with van der Waals surface area (Å²) < 4.78 is 5.06. The number of benzene rings is 1. The van der Waals surface area contributed by atoms with E-state index in [1.54, 1.807) is 30.1 Å². The van der Waals surface area contributed by atoms with Crippen molar-refractivity contribution < 1.29 is 14.6 Å². The zero-order valence-corrected chi connectivity index (χ0v) is 11.3. The van der Waals surface area contributed by atoms with E-state index in [1.807, 2.05) is 0 Å². The molecule has 1 saturated heterocycles. The Balaban J connectivity index is 2.01. The molecule has 0 bridgehead atoms. The molecule has 1 amide bonds. The summed E-state index contributed by atoms with van der Waals surface area (Å²) >= 11 is 0. The van der Waals surface area contributed by atoms with Gasteiger partial charge in [0.25, 0.3) is 0 Å². The maximum Gasteiger partial charge on any atom is 0.227 e. The molecule has 19 heavy (non-hydrogen) atoms. The van der Waals surface area contributed by atoms with Gasteiger partial charge in [0.15, 0.2) is 11.5 Å². The number of ether oxygens (including phenoxy) is 1. The van der Waals surface area contributed by atoms with Gasteiger partial charge in [0.05, 0.1) is 13.0 Å². The van der Waals surface area contributed by atoms with Crippen LogP contribution in [0.5, 0.6) is 11.5 Å². The predicted molar refractivity (Wildman–Crippen MR) is 72.1 cm³/mol. The Hall–Kier alpha value is -1.75. The number of amides is 1. The topological polar surface area (TPSA) is 61.8 Å². The molecular weight excluding hydrogens is 244 g/mol. The van der Waals surface area contributed by atoms with Crippen LogP contribution in [0.15, 0.2) is 18.2 Å². The van der Waals surface area contributed by atoms with E-state index >= 15 is 0 Å². The third-order valence-corrected chi connectivity index (χ3v) is 3.45. The van der Waals surface area contributed by atoms with Crippen LogP contribution in [0.4, 0.5) is 0 Å². The first-order valence-electron chi connectivity index (χ1n) is 6.43. The number of methoxy groups -OCH3 is 1. The molecule has 0 aliphatic carbocycles. The fraction of sp³-hybridized carbons (Fsp3) is 0.500. The molecule has 0 spiro atoms. The lowest BCUT2D eigenvalue weighted by Gasteiger charge is -2.21. The van der Waals surface area contributed by atoms with Crippen molar-refractivity contribution in [3.05, 3.63) is 23.8 Å². The molecule has 5 nitrogen and oxygen atoms in total. The lowest BCUT2D eigenvalue weighted by molar-refractivity contribution is -0.134. The van der Waals surface area contributed by atoms with E-state index in [4.69, 9.17) is 4.74 Å². The van der Waals surface area contributed by atoms with Crippen molar-refractivity contribution in [2.75, 3.05) is 27.2 Å². The smallest absolute Gasteiger partial charge is 0.227 e. The highest BCUT2D eigenvalue weighted by Crippen LogP contribution is 2.26. The molecular formula is C14H20N2O3. The van der Waals surface area contributed by atoms with Crippen LogP contribution in [0.25, 0.3) is 0 Å². The fourth-order valence-corrected chi connectivity index (χ4v) is 2.35. The van der Waals surface area contributed by atoms with Gasteiger partial charge in [-0.15, -0.1) is 0 Å². The maximum absolute atomic E-state index is 12.2. The number of carbonyl (C=O) groups is 1. The van der Waals surface area contributed by atoms with Crippen LogP contribution in [0.2, 0.25) is 0 Å². The second-order valence-corrected chi connectivity index (χ2v) is 4.89. The Kier molecular flexibility index (Phi) is 4.27. The van der Waals surface area contributed by atoms with Crippen molar-refractivity contribution in [2.24, 2.45) is 5.92 Å². The van der Waals surface area contributed by atoms with Gasteiger partial charge in [-0.05, 0) is 30.7 Å². The monoisotopic (exact) mass is 264 g/mol. The van der Waals surface area contributed by atoms with Crippen LogP contribution in [0.3, 0.4) is 0 Å². The molecule has 1 unspecified atom stereocenters. The highest BCUT2D eigenvalue weighted by molar-refractivity contribution is 5.79. The molecule has 1 heterocycles. The average molecular weight is 264 g/mol. The molecule has 2 N–H and O–H groups in total. The third-order valence-electron chi connectivity index (χ3n) is 3.45. The summed E-state index contributed by atoms with van der Waals surface area (Å²) in [6, 6.07) is 5.14. The largest absolute Gasteiger partial charge is 0.504 e. The normalized spacial score (nSPS) is 18.3. The van der Waals surface area contributed by atoms with Gasteiger partial charge in [-0.3, -0.25) is 4.79 Å². The molecule has 1 atom stereocenters. The van der Waals surface area contributed by atoms with E-state index in [2.05, 4.69) is 5.32 Å². The zero-order valence-electron chi connectivity index (χ0n) is 11.3. The second-order valence-electron chi connectivity index (χ2n) is 4.89. The van der Waals surface area contributed by atoms with E-state index in [9.17, 15) is 9.90 Å². The molecule has 1 aliphatic rings. The van der Waals surface area contributed by atoms with Crippen LogP contribution >= 0.6 is 0 Å². The number of carbonyl (C=O) groups excluding carboxylic acids is 1. The summed E-state index contributed by atoms with van der Waals surface area (Å²) in [5.41, 5.74) is 0.941. The van der Waals surface area contributed by atoms with Crippen molar-refractivity contribution in [3.8, 4) is 11.5 Å². The summed E-state index contributed by atoms with van der Waals surface area (Å²) in [6.45, 7) is 2.20. The maximum atomic E-state index is 12.2. The molecule has 0 radical (unpaired) electrons. The molecule has 2 rings (SSSR count). The number of phenols is 1. The number of phenolic OH excluding ortho intramolecular Hbond substituents is 1. The van der Waals surface area contributed by atoms with Gasteiger partial charge in [-0.2, -0.15) is 0 Å². The molecule has 0 aromatic heterocycles. The highest BCUT2D eigenvalue weighted by Gasteiger charge is 2.25.